The fourth-order valence-corrected chi connectivity index (χ4v) is 4.65. The number of fused-ring (bicyclic) bond motifs is 2. The topological polar surface area (TPSA) is 78.4 Å². The Morgan fingerprint density at radius 1 is 0.879 bits per heavy atom. The zero-order chi connectivity index (χ0) is 22.1. The summed E-state index contributed by atoms with van der Waals surface area (Å²) in [4.78, 5) is 13.8. The van der Waals surface area contributed by atoms with Crippen molar-refractivity contribution in [3.05, 3.63) is 72.6 Å². The van der Waals surface area contributed by atoms with Crippen LogP contribution in [0.25, 0.3) is 22.3 Å². The zero-order valence-corrected chi connectivity index (χ0v) is 18.2. The molecule has 2 aliphatic rings. The molecule has 0 radical (unpaired) electrons. The third-order valence-electron chi connectivity index (χ3n) is 6.57. The molecule has 0 aliphatic carbocycles. The number of rotatable bonds is 5. The van der Waals surface area contributed by atoms with E-state index in [-0.39, 0.29) is 12.2 Å². The molecule has 4 aromatic rings. The maximum absolute atomic E-state index is 5.72. The predicted octanol–water partition coefficient (Wildman–Crippen LogP) is 4.58. The Balaban J connectivity index is 1.37. The summed E-state index contributed by atoms with van der Waals surface area (Å²) in [6.45, 7) is 2.45. The number of hydrogen-bond acceptors (Lipinski definition) is 7. The molecule has 0 atom stereocenters. The first kappa shape index (κ1) is 19.9. The lowest BCUT2D eigenvalue weighted by Gasteiger charge is -2.38. The molecule has 4 heterocycles. The molecule has 33 heavy (non-hydrogen) atoms. The van der Waals surface area contributed by atoms with Crippen LogP contribution >= 0.6 is 0 Å². The highest BCUT2D eigenvalue weighted by molar-refractivity contribution is 5.90. The lowest BCUT2D eigenvalue weighted by molar-refractivity contribution is 0.0543. The first-order valence-corrected chi connectivity index (χ1v) is 11.2. The van der Waals surface area contributed by atoms with Gasteiger partial charge in [0.15, 0.2) is 17.3 Å². The van der Waals surface area contributed by atoms with Crippen LogP contribution in [0, 0.1) is 0 Å². The second-order valence-electron chi connectivity index (χ2n) is 8.46. The molecule has 0 spiro atoms. The van der Waals surface area contributed by atoms with Crippen molar-refractivity contribution in [2.45, 2.75) is 18.3 Å². The molecule has 0 amide bonds. The molecule has 0 saturated carbocycles. The summed E-state index contributed by atoms with van der Waals surface area (Å²) in [5, 5.41) is 4.68. The number of aromatic nitrogens is 3. The van der Waals surface area contributed by atoms with E-state index in [1.165, 1.54) is 5.56 Å². The summed E-state index contributed by atoms with van der Waals surface area (Å²) >= 11 is 0. The number of ether oxygens (including phenoxy) is 3. The molecule has 0 bridgehead atoms. The van der Waals surface area contributed by atoms with Crippen LogP contribution in [0.15, 0.2) is 67.0 Å². The van der Waals surface area contributed by atoms with Crippen LogP contribution in [0.1, 0.15) is 18.4 Å². The second-order valence-corrected chi connectivity index (χ2v) is 8.46. The smallest absolute Gasteiger partial charge is 0.231 e. The van der Waals surface area contributed by atoms with Gasteiger partial charge in [-0.15, -0.1) is 0 Å². The van der Waals surface area contributed by atoms with Crippen molar-refractivity contribution in [3.8, 4) is 22.9 Å². The van der Waals surface area contributed by atoms with Gasteiger partial charge >= 0.3 is 0 Å². The highest BCUT2D eigenvalue weighted by Gasteiger charge is 2.36. The van der Waals surface area contributed by atoms with Crippen LogP contribution in [0.2, 0.25) is 0 Å². The van der Waals surface area contributed by atoms with Crippen LogP contribution < -0.4 is 14.8 Å². The Kier molecular flexibility index (Phi) is 5.03. The maximum atomic E-state index is 5.72. The van der Waals surface area contributed by atoms with Gasteiger partial charge in [-0.3, -0.25) is 4.98 Å². The van der Waals surface area contributed by atoms with Crippen molar-refractivity contribution >= 4 is 16.7 Å². The Morgan fingerprint density at radius 3 is 2.58 bits per heavy atom. The lowest BCUT2D eigenvalue weighted by atomic mass is 9.74. The van der Waals surface area contributed by atoms with E-state index >= 15 is 0 Å². The lowest BCUT2D eigenvalue weighted by Crippen LogP contribution is -2.40. The van der Waals surface area contributed by atoms with Gasteiger partial charge in [0.25, 0.3) is 0 Å². The quantitative estimate of drug-likeness (QED) is 0.487. The Labute approximate surface area is 191 Å². The molecule has 7 nitrogen and oxygen atoms in total. The molecule has 2 aromatic carbocycles. The van der Waals surface area contributed by atoms with E-state index in [4.69, 9.17) is 24.2 Å². The number of para-hydroxylation sites is 1. The Hall–Kier alpha value is -3.71. The minimum atomic E-state index is -0.0951. The molecule has 1 saturated heterocycles. The Morgan fingerprint density at radius 2 is 1.70 bits per heavy atom. The standard InChI is InChI=1S/C26H24N4O3/c1-2-4-21-20(3-1)25(30-24(29-21)18-7-11-27-12-8-18)28-16-26(9-13-31-14-10-26)19-5-6-22-23(15-19)33-17-32-22/h1-8,11-12,15H,9-10,13-14,16-17H2,(H,28,29,30). The van der Waals surface area contributed by atoms with Gasteiger partial charge in [-0.05, 0) is 54.8 Å². The van der Waals surface area contributed by atoms with Crippen molar-refractivity contribution in [3.63, 3.8) is 0 Å². The second kappa shape index (κ2) is 8.33. The Bertz CT molecular complexity index is 1290. The minimum Gasteiger partial charge on any atom is -0.454 e. The summed E-state index contributed by atoms with van der Waals surface area (Å²) in [6, 6.07) is 18.3. The third-order valence-corrected chi connectivity index (χ3v) is 6.57. The van der Waals surface area contributed by atoms with Gasteiger partial charge in [-0.2, -0.15) is 0 Å². The van der Waals surface area contributed by atoms with Crippen molar-refractivity contribution in [1.82, 2.24) is 15.0 Å². The third kappa shape index (κ3) is 3.74. The summed E-state index contributed by atoms with van der Waals surface area (Å²) < 4.78 is 16.9. The number of nitrogens with one attached hydrogen (secondary N) is 1. The molecule has 6 rings (SSSR count). The molecular weight excluding hydrogens is 416 g/mol. The average molecular weight is 441 g/mol. The SMILES string of the molecule is c1ccc2c(NCC3(c4ccc5c(c4)OCO5)CCOCC3)nc(-c3ccncc3)nc2c1. The highest BCUT2D eigenvalue weighted by Crippen LogP contribution is 2.41. The van der Waals surface area contributed by atoms with Crippen LogP contribution in [0.3, 0.4) is 0 Å². The normalized spacial score (nSPS) is 16.6. The molecule has 1 N–H and O–H groups in total. The van der Waals surface area contributed by atoms with Crippen LogP contribution in [-0.2, 0) is 10.2 Å². The van der Waals surface area contributed by atoms with Crippen LogP contribution in [0.5, 0.6) is 11.5 Å². The van der Waals surface area contributed by atoms with E-state index < -0.39 is 0 Å². The first-order chi connectivity index (χ1) is 16.3. The van der Waals surface area contributed by atoms with Gasteiger partial charge in [-0.25, -0.2) is 9.97 Å². The number of hydrogen-bond donors (Lipinski definition) is 1. The first-order valence-electron chi connectivity index (χ1n) is 11.2. The van der Waals surface area contributed by atoms with Crippen molar-refractivity contribution < 1.29 is 14.2 Å². The monoisotopic (exact) mass is 440 g/mol. The molecule has 1 fully saturated rings. The predicted molar refractivity (Wildman–Crippen MR) is 126 cm³/mol. The van der Waals surface area contributed by atoms with Gasteiger partial charge in [-0.1, -0.05) is 18.2 Å². The number of pyridine rings is 1. The number of anilines is 1. The summed E-state index contributed by atoms with van der Waals surface area (Å²) in [5.74, 6) is 3.13. The molecule has 7 heteroatoms. The van der Waals surface area contributed by atoms with Gasteiger partial charge < -0.3 is 19.5 Å². The maximum Gasteiger partial charge on any atom is 0.231 e. The molecule has 0 unspecified atom stereocenters. The van der Waals surface area contributed by atoms with Gasteiger partial charge in [0.2, 0.25) is 6.79 Å². The summed E-state index contributed by atoms with van der Waals surface area (Å²) in [5.41, 5.74) is 2.99. The van der Waals surface area contributed by atoms with Gasteiger partial charge in [0, 0.05) is 48.5 Å². The summed E-state index contributed by atoms with van der Waals surface area (Å²) in [7, 11) is 0. The fraction of sp³-hybridized carbons (Fsp3) is 0.269. The largest absolute Gasteiger partial charge is 0.454 e. The van der Waals surface area contributed by atoms with Crippen molar-refractivity contribution in [2.24, 2.45) is 0 Å². The molecule has 166 valence electrons. The van der Waals surface area contributed by atoms with E-state index in [1.807, 2.05) is 36.4 Å². The van der Waals surface area contributed by atoms with E-state index in [9.17, 15) is 0 Å². The number of nitrogens with zero attached hydrogens (tertiary/aromatic N) is 3. The van der Waals surface area contributed by atoms with E-state index in [0.29, 0.717) is 5.82 Å². The van der Waals surface area contributed by atoms with E-state index in [2.05, 4.69) is 28.5 Å². The van der Waals surface area contributed by atoms with Crippen molar-refractivity contribution in [1.29, 1.82) is 0 Å². The van der Waals surface area contributed by atoms with Gasteiger partial charge in [0.1, 0.15) is 5.82 Å². The molecule has 2 aliphatic heterocycles. The number of benzene rings is 2. The van der Waals surface area contributed by atoms with Crippen LogP contribution in [0.4, 0.5) is 5.82 Å². The fourth-order valence-electron chi connectivity index (χ4n) is 4.65. The highest BCUT2D eigenvalue weighted by atomic mass is 16.7. The van der Waals surface area contributed by atoms with Gasteiger partial charge in [0.05, 0.1) is 5.52 Å². The minimum absolute atomic E-state index is 0.0951. The summed E-state index contributed by atoms with van der Waals surface area (Å²) in [6.07, 6.45) is 5.36. The molecule has 2 aromatic heterocycles. The van der Waals surface area contributed by atoms with Crippen molar-refractivity contribution in [2.75, 3.05) is 31.9 Å². The molecular formula is C26H24N4O3. The van der Waals surface area contributed by atoms with Crippen LogP contribution in [-0.4, -0.2) is 41.5 Å². The van der Waals surface area contributed by atoms with E-state index in [0.717, 1.165) is 66.4 Å². The average Bonchev–Trinajstić information content (AvgIpc) is 3.36. The zero-order valence-electron chi connectivity index (χ0n) is 18.2. The van der Waals surface area contributed by atoms with E-state index in [1.54, 1.807) is 12.4 Å².